The molecule has 0 radical (unpaired) electrons. The minimum Gasteiger partial charge on any atom is -0.330 e. The largest absolute Gasteiger partial charge is 0.330 e. The van der Waals surface area contributed by atoms with Gasteiger partial charge in [0, 0.05) is 42.8 Å². The van der Waals surface area contributed by atoms with Crippen LogP contribution in [0.3, 0.4) is 0 Å². The quantitative estimate of drug-likeness (QED) is 0.712. The minimum atomic E-state index is -0.0656. The molecule has 1 fully saturated rings. The van der Waals surface area contributed by atoms with Gasteiger partial charge in [0.05, 0.1) is 24.1 Å². The van der Waals surface area contributed by atoms with Crippen molar-refractivity contribution in [3.63, 3.8) is 0 Å². The molecule has 0 spiro atoms. The number of likely N-dealkylation sites (tertiary alicyclic amines) is 1. The van der Waals surface area contributed by atoms with Gasteiger partial charge in [-0.1, -0.05) is 13.8 Å². The van der Waals surface area contributed by atoms with Crippen LogP contribution >= 0.6 is 0 Å². The second kappa shape index (κ2) is 7.26. The highest BCUT2D eigenvalue weighted by molar-refractivity contribution is 5.94. The molecule has 0 unspecified atom stereocenters. The lowest BCUT2D eigenvalue weighted by Crippen LogP contribution is -2.31. The number of nitrogens with zero attached hydrogens (tertiary/aromatic N) is 6. The van der Waals surface area contributed by atoms with Crippen molar-refractivity contribution in [2.45, 2.75) is 38.6 Å². The van der Waals surface area contributed by atoms with E-state index in [1.165, 1.54) is 0 Å². The Bertz CT molecular complexity index is 936. The van der Waals surface area contributed by atoms with Gasteiger partial charge in [-0.15, -0.1) is 0 Å². The first kappa shape index (κ1) is 17.3. The molecule has 0 saturated carbocycles. The molecule has 4 rings (SSSR count). The van der Waals surface area contributed by atoms with Crippen LogP contribution < -0.4 is 0 Å². The molecule has 4 heterocycles. The van der Waals surface area contributed by atoms with E-state index in [0.29, 0.717) is 5.56 Å². The molecular weight excluding hydrogens is 340 g/mol. The molecule has 1 aliphatic heterocycles. The van der Waals surface area contributed by atoms with Gasteiger partial charge in [-0.25, -0.2) is 9.97 Å². The standard InChI is InChI=1S/C20H22N6O/c1-14(2)19-23-9-11-26(19)18-13-22-12-16(24-18)17-4-3-10-25(17)20(27)15-5-7-21-8-6-15/h5-9,11-14,17H,3-4,10H2,1-2H3/t17-/m1/s1. The molecule has 0 bridgehead atoms. The summed E-state index contributed by atoms with van der Waals surface area (Å²) in [5, 5.41) is 0. The highest BCUT2D eigenvalue weighted by Gasteiger charge is 2.32. The van der Waals surface area contributed by atoms with E-state index in [1.807, 2.05) is 15.7 Å². The van der Waals surface area contributed by atoms with Crippen molar-refractivity contribution in [3.05, 3.63) is 66.4 Å². The zero-order valence-electron chi connectivity index (χ0n) is 15.5. The summed E-state index contributed by atoms with van der Waals surface area (Å²) in [4.78, 5) is 32.4. The smallest absolute Gasteiger partial charge is 0.254 e. The van der Waals surface area contributed by atoms with E-state index in [4.69, 9.17) is 4.98 Å². The maximum Gasteiger partial charge on any atom is 0.254 e. The number of carbonyl (C=O) groups is 1. The number of imidazole rings is 1. The lowest BCUT2D eigenvalue weighted by Gasteiger charge is -2.24. The minimum absolute atomic E-state index is 0.0117. The van der Waals surface area contributed by atoms with E-state index < -0.39 is 0 Å². The van der Waals surface area contributed by atoms with Crippen molar-refractivity contribution in [2.24, 2.45) is 0 Å². The summed E-state index contributed by atoms with van der Waals surface area (Å²) in [6, 6.07) is 3.43. The van der Waals surface area contributed by atoms with E-state index in [2.05, 4.69) is 28.8 Å². The van der Waals surface area contributed by atoms with Crippen molar-refractivity contribution in [2.75, 3.05) is 6.54 Å². The SMILES string of the molecule is CC(C)c1nccn1-c1cncc([C@H]2CCCN2C(=O)c2ccncc2)n1. The Labute approximate surface area is 158 Å². The average Bonchev–Trinajstić information content (AvgIpc) is 3.38. The van der Waals surface area contributed by atoms with Crippen molar-refractivity contribution in [3.8, 4) is 5.82 Å². The Balaban J connectivity index is 1.65. The number of rotatable bonds is 4. The predicted octanol–water partition coefficient (Wildman–Crippen LogP) is 3.16. The summed E-state index contributed by atoms with van der Waals surface area (Å²) in [6.45, 7) is 4.92. The van der Waals surface area contributed by atoms with Crippen LogP contribution in [0.1, 0.15) is 60.5 Å². The van der Waals surface area contributed by atoms with Crippen LogP contribution in [0.2, 0.25) is 0 Å². The average molecular weight is 362 g/mol. The van der Waals surface area contributed by atoms with Gasteiger partial charge in [-0.3, -0.25) is 19.3 Å². The van der Waals surface area contributed by atoms with Crippen LogP contribution in [0.15, 0.2) is 49.3 Å². The molecule has 3 aromatic heterocycles. The first-order chi connectivity index (χ1) is 13.1. The third-order valence-electron chi connectivity index (χ3n) is 4.86. The first-order valence-corrected chi connectivity index (χ1v) is 9.21. The Morgan fingerprint density at radius 3 is 2.74 bits per heavy atom. The predicted molar refractivity (Wildman–Crippen MR) is 100 cm³/mol. The fourth-order valence-corrected chi connectivity index (χ4v) is 3.56. The first-order valence-electron chi connectivity index (χ1n) is 9.21. The van der Waals surface area contributed by atoms with E-state index in [0.717, 1.165) is 36.7 Å². The van der Waals surface area contributed by atoms with Crippen LogP contribution in [0.25, 0.3) is 5.82 Å². The van der Waals surface area contributed by atoms with E-state index in [1.54, 1.807) is 43.1 Å². The topological polar surface area (TPSA) is 76.8 Å². The molecule has 1 aliphatic rings. The zero-order chi connectivity index (χ0) is 18.8. The summed E-state index contributed by atoms with van der Waals surface area (Å²) in [5.41, 5.74) is 1.47. The zero-order valence-corrected chi connectivity index (χ0v) is 15.5. The molecule has 3 aromatic rings. The molecule has 0 aliphatic carbocycles. The number of hydrogen-bond donors (Lipinski definition) is 0. The van der Waals surface area contributed by atoms with E-state index >= 15 is 0 Å². The van der Waals surface area contributed by atoms with Gasteiger partial charge in [0.15, 0.2) is 5.82 Å². The molecule has 7 nitrogen and oxygen atoms in total. The molecule has 0 aromatic carbocycles. The molecule has 1 amide bonds. The molecule has 1 saturated heterocycles. The number of aromatic nitrogens is 5. The summed E-state index contributed by atoms with van der Waals surface area (Å²) < 4.78 is 1.96. The number of hydrogen-bond acceptors (Lipinski definition) is 5. The molecule has 27 heavy (non-hydrogen) atoms. The van der Waals surface area contributed by atoms with Gasteiger partial charge < -0.3 is 4.90 Å². The summed E-state index contributed by atoms with van der Waals surface area (Å²) >= 11 is 0. The normalized spacial score (nSPS) is 16.9. The van der Waals surface area contributed by atoms with Gasteiger partial charge in [-0.05, 0) is 25.0 Å². The summed E-state index contributed by atoms with van der Waals surface area (Å²) in [7, 11) is 0. The van der Waals surface area contributed by atoms with Crippen LogP contribution in [-0.4, -0.2) is 41.9 Å². The maximum atomic E-state index is 12.9. The third kappa shape index (κ3) is 3.32. The molecule has 1 atom stereocenters. The Hall–Kier alpha value is -3.09. The Morgan fingerprint density at radius 1 is 1.15 bits per heavy atom. The lowest BCUT2D eigenvalue weighted by atomic mass is 10.1. The summed E-state index contributed by atoms with van der Waals surface area (Å²) in [6.07, 6.45) is 12.3. The number of carbonyl (C=O) groups excluding carboxylic acids is 1. The highest BCUT2D eigenvalue weighted by Crippen LogP contribution is 2.32. The maximum absolute atomic E-state index is 12.9. The fourth-order valence-electron chi connectivity index (χ4n) is 3.56. The third-order valence-corrected chi connectivity index (χ3v) is 4.86. The van der Waals surface area contributed by atoms with Crippen LogP contribution in [0, 0.1) is 0 Å². The van der Waals surface area contributed by atoms with E-state index in [9.17, 15) is 4.79 Å². The number of pyridine rings is 1. The van der Waals surface area contributed by atoms with Crippen molar-refractivity contribution >= 4 is 5.91 Å². The lowest BCUT2D eigenvalue weighted by molar-refractivity contribution is 0.0732. The summed E-state index contributed by atoms with van der Waals surface area (Å²) in [5.74, 6) is 1.97. The Kier molecular flexibility index (Phi) is 4.66. The Morgan fingerprint density at radius 2 is 1.96 bits per heavy atom. The van der Waals surface area contributed by atoms with Crippen LogP contribution in [0.5, 0.6) is 0 Å². The second-order valence-corrected chi connectivity index (χ2v) is 7.00. The van der Waals surface area contributed by atoms with Crippen molar-refractivity contribution < 1.29 is 4.79 Å². The van der Waals surface area contributed by atoms with Crippen LogP contribution in [-0.2, 0) is 0 Å². The number of amides is 1. The van der Waals surface area contributed by atoms with Crippen molar-refractivity contribution in [1.82, 2.24) is 29.4 Å². The molecule has 0 N–H and O–H groups in total. The van der Waals surface area contributed by atoms with Gasteiger partial charge in [0.25, 0.3) is 5.91 Å². The fraction of sp³-hybridized carbons (Fsp3) is 0.350. The highest BCUT2D eigenvalue weighted by atomic mass is 16.2. The van der Waals surface area contributed by atoms with Crippen molar-refractivity contribution in [1.29, 1.82) is 0 Å². The van der Waals surface area contributed by atoms with E-state index in [-0.39, 0.29) is 17.9 Å². The monoisotopic (exact) mass is 362 g/mol. The van der Waals surface area contributed by atoms with Gasteiger partial charge in [0.1, 0.15) is 5.82 Å². The molecular formula is C20H22N6O. The van der Waals surface area contributed by atoms with Crippen LogP contribution in [0.4, 0.5) is 0 Å². The van der Waals surface area contributed by atoms with Gasteiger partial charge >= 0.3 is 0 Å². The second-order valence-electron chi connectivity index (χ2n) is 7.00. The van der Waals surface area contributed by atoms with Gasteiger partial charge in [-0.2, -0.15) is 0 Å². The van der Waals surface area contributed by atoms with Gasteiger partial charge in [0.2, 0.25) is 0 Å². The molecule has 138 valence electrons. The molecule has 7 heteroatoms.